The summed E-state index contributed by atoms with van der Waals surface area (Å²) in [6.45, 7) is 2.25. The highest BCUT2D eigenvalue weighted by atomic mass is 19.1. The molecule has 1 unspecified atom stereocenters. The molecular formula is C18H28FNO. The van der Waals surface area contributed by atoms with E-state index in [0.717, 1.165) is 5.92 Å². The Labute approximate surface area is 127 Å². The van der Waals surface area contributed by atoms with E-state index in [2.05, 4.69) is 6.92 Å². The lowest BCUT2D eigenvalue weighted by Crippen LogP contribution is -2.35. The van der Waals surface area contributed by atoms with Crippen LogP contribution < -0.4 is 10.5 Å². The maximum atomic E-state index is 14.2. The number of rotatable bonds is 6. The van der Waals surface area contributed by atoms with Gasteiger partial charge in [-0.3, -0.25) is 0 Å². The maximum Gasteiger partial charge on any atom is 0.168 e. The van der Waals surface area contributed by atoms with E-state index in [1.165, 1.54) is 45.6 Å². The third-order valence-corrected chi connectivity index (χ3v) is 4.91. The highest BCUT2D eigenvalue weighted by Gasteiger charge is 2.26. The van der Waals surface area contributed by atoms with Crippen LogP contribution in [0.2, 0.25) is 0 Å². The molecule has 1 fully saturated rings. The standard InChI is InChI=1S/C18H28FNO/c1-3-5-13-8-10-14(11-9-13)16(20)12-15-6-4-7-17(21-2)18(15)19/h4,6-7,13-14,16H,3,5,8-12,20H2,1-2H3. The second-order valence-corrected chi connectivity index (χ2v) is 6.37. The van der Waals surface area contributed by atoms with E-state index in [4.69, 9.17) is 10.5 Å². The van der Waals surface area contributed by atoms with Crippen molar-refractivity contribution in [2.45, 2.75) is 57.9 Å². The Bertz CT molecular complexity index is 441. The third-order valence-electron chi connectivity index (χ3n) is 4.91. The first kappa shape index (κ1) is 16.3. The zero-order chi connectivity index (χ0) is 15.2. The highest BCUT2D eigenvalue weighted by molar-refractivity contribution is 5.31. The summed E-state index contributed by atoms with van der Waals surface area (Å²) >= 11 is 0. The molecule has 1 atom stereocenters. The predicted molar refractivity (Wildman–Crippen MR) is 85.0 cm³/mol. The fraction of sp³-hybridized carbons (Fsp3) is 0.667. The summed E-state index contributed by atoms with van der Waals surface area (Å²) < 4.78 is 19.2. The number of hydrogen-bond donors (Lipinski definition) is 1. The number of benzene rings is 1. The Balaban J connectivity index is 1.92. The second kappa shape index (κ2) is 7.79. The van der Waals surface area contributed by atoms with E-state index in [1.54, 1.807) is 6.07 Å². The largest absolute Gasteiger partial charge is 0.494 e. The summed E-state index contributed by atoms with van der Waals surface area (Å²) in [7, 11) is 1.50. The van der Waals surface area contributed by atoms with Crippen molar-refractivity contribution in [2.24, 2.45) is 17.6 Å². The molecule has 1 aliphatic carbocycles. The fourth-order valence-electron chi connectivity index (χ4n) is 3.61. The molecule has 0 spiro atoms. The third kappa shape index (κ3) is 4.19. The topological polar surface area (TPSA) is 35.2 Å². The first-order chi connectivity index (χ1) is 10.2. The molecule has 3 heteroatoms. The number of hydrogen-bond acceptors (Lipinski definition) is 2. The van der Waals surface area contributed by atoms with Crippen molar-refractivity contribution in [3.05, 3.63) is 29.6 Å². The van der Waals surface area contributed by atoms with Gasteiger partial charge in [0.1, 0.15) is 0 Å². The minimum Gasteiger partial charge on any atom is -0.494 e. The molecule has 1 aliphatic rings. The Kier molecular flexibility index (Phi) is 6.04. The Morgan fingerprint density at radius 3 is 2.62 bits per heavy atom. The summed E-state index contributed by atoms with van der Waals surface area (Å²) in [6, 6.07) is 5.36. The van der Waals surface area contributed by atoms with Gasteiger partial charge in [0.05, 0.1) is 7.11 Å². The van der Waals surface area contributed by atoms with Gasteiger partial charge >= 0.3 is 0 Å². The smallest absolute Gasteiger partial charge is 0.168 e. The highest BCUT2D eigenvalue weighted by Crippen LogP contribution is 2.34. The number of nitrogens with two attached hydrogens (primary N) is 1. The summed E-state index contributed by atoms with van der Waals surface area (Å²) in [5, 5.41) is 0. The quantitative estimate of drug-likeness (QED) is 0.848. The molecule has 118 valence electrons. The Morgan fingerprint density at radius 1 is 1.29 bits per heavy atom. The van der Waals surface area contributed by atoms with Gasteiger partial charge in [-0.15, -0.1) is 0 Å². The second-order valence-electron chi connectivity index (χ2n) is 6.37. The van der Waals surface area contributed by atoms with Crippen LogP contribution in [0.4, 0.5) is 4.39 Å². The van der Waals surface area contributed by atoms with Gasteiger partial charge in [0.15, 0.2) is 11.6 Å². The number of ether oxygens (including phenoxy) is 1. The molecule has 0 heterocycles. The molecule has 0 bridgehead atoms. The van der Waals surface area contributed by atoms with Crippen molar-refractivity contribution in [1.82, 2.24) is 0 Å². The van der Waals surface area contributed by atoms with Crippen LogP contribution in [-0.2, 0) is 6.42 Å². The molecule has 0 amide bonds. The Morgan fingerprint density at radius 2 is 2.00 bits per heavy atom. The van der Waals surface area contributed by atoms with Gasteiger partial charge in [-0.05, 0) is 42.7 Å². The number of halogens is 1. The molecule has 1 aromatic carbocycles. The van der Waals surface area contributed by atoms with Gasteiger partial charge in [-0.2, -0.15) is 0 Å². The minimum atomic E-state index is -0.255. The molecule has 0 radical (unpaired) electrons. The van der Waals surface area contributed by atoms with E-state index >= 15 is 0 Å². The first-order valence-corrected chi connectivity index (χ1v) is 8.22. The van der Waals surface area contributed by atoms with Gasteiger partial charge in [-0.25, -0.2) is 4.39 Å². The maximum absolute atomic E-state index is 14.2. The molecule has 2 N–H and O–H groups in total. The molecule has 1 saturated carbocycles. The molecule has 0 aliphatic heterocycles. The van der Waals surface area contributed by atoms with E-state index in [-0.39, 0.29) is 11.9 Å². The lowest BCUT2D eigenvalue weighted by atomic mass is 9.76. The van der Waals surface area contributed by atoms with Gasteiger partial charge in [0, 0.05) is 6.04 Å². The lowest BCUT2D eigenvalue weighted by Gasteiger charge is -2.32. The van der Waals surface area contributed by atoms with Gasteiger partial charge in [0.25, 0.3) is 0 Å². The van der Waals surface area contributed by atoms with Crippen molar-refractivity contribution >= 4 is 0 Å². The van der Waals surface area contributed by atoms with Crippen LogP contribution in [0.5, 0.6) is 5.75 Å². The average Bonchev–Trinajstić information content (AvgIpc) is 2.50. The van der Waals surface area contributed by atoms with E-state index < -0.39 is 0 Å². The van der Waals surface area contributed by atoms with E-state index in [0.29, 0.717) is 23.7 Å². The van der Waals surface area contributed by atoms with Crippen LogP contribution in [0.25, 0.3) is 0 Å². The van der Waals surface area contributed by atoms with Crippen LogP contribution in [0.15, 0.2) is 18.2 Å². The normalized spacial score (nSPS) is 23.8. The lowest BCUT2D eigenvalue weighted by molar-refractivity contribution is 0.232. The predicted octanol–water partition coefficient (Wildman–Crippen LogP) is 4.31. The van der Waals surface area contributed by atoms with Crippen molar-refractivity contribution in [2.75, 3.05) is 7.11 Å². The molecule has 2 rings (SSSR count). The van der Waals surface area contributed by atoms with Crippen LogP contribution >= 0.6 is 0 Å². The Hall–Kier alpha value is -1.09. The average molecular weight is 293 g/mol. The van der Waals surface area contributed by atoms with Crippen LogP contribution in [-0.4, -0.2) is 13.2 Å². The minimum absolute atomic E-state index is 0.0502. The molecule has 1 aromatic rings. The van der Waals surface area contributed by atoms with Gasteiger partial charge in [-0.1, -0.05) is 44.7 Å². The summed E-state index contributed by atoms with van der Waals surface area (Å²) in [6.07, 6.45) is 8.17. The van der Waals surface area contributed by atoms with Crippen molar-refractivity contribution in [3.63, 3.8) is 0 Å². The SMILES string of the molecule is CCCC1CCC(C(N)Cc2cccc(OC)c2F)CC1. The molecule has 0 aromatic heterocycles. The summed E-state index contributed by atoms with van der Waals surface area (Å²) in [5.74, 6) is 1.47. The molecule has 0 saturated heterocycles. The van der Waals surface area contributed by atoms with Crippen molar-refractivity contribution in [1.29, 1.82) is 0 Å². The van der Waals surface area contributed by atoms with Crippen LogP contribution in [0.3, 0.4) is 0 Å². The molecular weight excluding hydrogens is 265 g/mol. The van der Waals surface area contributed by atoms with Crippen LogP contribution in [0.1, 0.15) is 51.0 Å². The van der Waals surface area contributed by atoms with E-state index in [9.17, 15) is 4.39 Å². The number of methoxy groups -OCH3 is 1. The van der Waals surface area contributed by atoms with Crippen LogP contribution in [0, 0.1) is 17.7 Å². The monoisotopic (exact) mass is 293 g/mol. The van der Waals surface area contributed by atoms with Gasteiger partial charge < -0.3 is 10.5 Å². The van der Waals surface area contributed by atoms with Crippen molar-refractivity contribution in [3.8, 4) is 5.75 Å². The molecule has 2 nitrogen and oxygen atoms in total. The van der Waals surface area contributed by atoms with Gasteiger partial charge in [0.2, 0.25) is 0 Å². The first-order valence-electron chi connectivity index (χ1n) is 8.22. The van der Waals surface area contributed by atoms with E-state index in [1.807, 2.05) is 12.1 Å². The zero-order valence-corrected chi connectivity index (χ0v) is 13.3. The summed E-state index contributed by atoms with van der Waals surface area (Å²) in [5.41, 5.74) is 7.03. The molecule has 21 heavy (non-hydrogen) atoms. The fourth-order valence-corrected chi connectivity index (χ4v) is 3.61. The summed E-state index contributed by atoms with van der Waals surface area (Å²) in [4.78, 5) is 0. The zero-order valence-electron chi connectivity index (χ0n) is 13.3. The van der Waals surface area contributed by atoms with Crippen molar-refractivity contribution < 1.29 is 9.13 Å².